The third kappa shape index (κ3) is 2.36. The van der Waals surface area contributed by atoms with E-state index in [9.17, 15) is 4.79 Å². The van der Waals surface area contributed by atoms with Crippen LogP contribution in [-0.4, -0.2) is 25.6 Å². The second kappa shape index (κ2) is 4.45. The Bertz CT molecular complexity index is 356. The van der Waals surface area contributed by atoms with Gasteiger partial charge in [-0.05, 0) is 26.0 Å². The van der Waals surface area contributed by atoms with Crippen molar-refractivity contribution < 1.29 is 14.3 Å². The van der Waals surface area contributed by atoms with E-state index in [1.165, 1.54) is 7.11 Å². The Morgan fingerprint density at radius 3 is 2.33 bits per heavy atom. The minimum Gasteiger partial charge on any atom is -0.496 e. The zero-order valence-corrected chi connectivity index (χ0v) is 9.53. The van der Waals surface area contributed by atoms with Crippen molar-refractivity contribution in [2.24, 2.45) is 0 Å². The van der Waals surface area contributed by atoms with Gasteiger partial charge in [-0.2, -0.15) is 0 Å². The van der Waals surface area contributed by atoms with Crippen LogP contribution in [0.25, 0.3) is 0 Å². The molecule has 0 atom stereocenters. The highest BCUT2D eigenvalue weighted by Crippen LogP contribution is 2.24. The molecule has 0 amide bonds. The van der Waals surface area contributed by atoms with Crippen LogP contribution in [-0.2, 0) is 4.74 Å². The van der Waals surface area contributed by atoms with Gasteiger partial charge in [0.15, 0.2) is 5.78 Å². The van der Waals surface area contributed by atoms with E-state index in [0.717, 1.165) is 0 Å². The van der Waals surface area contributed by atoms with Crippen LogP contribution < -0.4 is 4.74 Å². The molecular formula is C12H16O3. The van der Waals surface area contributed by atoms with Crippen molar-refractivity contribution >= 4 is 5.78 Å². The van der Waals surface area contributed by atoms with E-state index in [-0.39, 0.29) is 5.78 Å². The first-order chi connectivity index (χ1) is 7.03. The maximum Gasteiger partial charge on any atom is 0.197 e. The molecule has 1 aromatic rings. The van der Waals surface area contributed by atoms with Crippen molar-refractivity contribution in [1.29, 1.82) is 0 Å². The monoisotopic (exact) mass is 208 g/mol. The molecule has 1 rings (SSSR count). The number of hydrogen-bond donors (Lipinski definition) is 0. The van der Waals surface area contributed by atoms with Gasteiger partial charge in [-0.25, -0.2) is 0 Å². The highest BCUT2D eigenvalue weighted by Gasteiger charge is 2.29. The molecule has 0 radical (unpaired) electrons. The second-order valence-corrected chi connectivity index (χ2v) is 3.74. The summed E-state index contributed by atoms with van der Waals surface area (Å²) in [6.45, 7) is 3.48. The van der Waals surface area contributed by atoms with Crippen LogP contribution in [0.5, 0.6) is 5.75 Å². The number of carbonyl (C=O) groups is 1. The number of carbonyl (C=O) groups excluding carboxylic acids is 1. The van der Waals surface area contributed by atoms with Crippen LogP contribution in [0.3, 0.4) is 0 Å². The Morgan fingerprint density at radius 2 is 1.80 bits per heavy atom. The summed E-state index contributed by atoms with van der Waals surface area (Å²) in [6.07, 6.45) is 0. The predicted molar refractivity (Wildman–Crippen MR) is 58.4 cm³/mol. The Kier molecular flexibility index (Phi) is 3.48. The average molecular weight is 208 g/mol. The molecule has 0 saturated heterocycles. The molecule has 0 aromatic heterocycles. The zero-order valence-electron chi connectivity index (χ0n) is 9.53. The molecule has 82 valence electrons. The third-order valence-electron chi connectivity index (χ3n) is 2.41. The van der Waals surface area contributed by atoms with Gasteiger partial charge in [0.25, 0.3) is 0 Å². The van der Waals surface area contributed by atoms with Crippen LogP contribution in [0.15, 0.2) is 24.3 Å². The summed E-state index contributed by atoms with van der Waals surface area (Å²) in [5.41, 5.74) is -0.277. The van der Waals surface area contributed by atoms with Gasteiger partial charge in [-0.1, -0.05) is 12.1 Å². The van der Waals surface area contributed by atoms with E-state index in [0.29, 0.717) is 11.3 Å². The number of methoxy groups -OCH3 is 2. The molecule has 3 nitrogen and oxygen atoms in total. The second-order valence-electron chi connectivity index (χ2n) is 3.74. The molecule has 0 bridgehead atoms. The van der Waals surface area contributed by atoms with Crippen LogP contribution >= 0.6 is 0 Å². The zero-order chi connectivity index (χ0) is 11.5. The first-order valence-corrected chi connectivity index (χ1v) is 4.76. The molecule has 0 fully saturated rings. The molecule has 0 saturated carbocycles. The van der Waals surface area contributed by atoms with E-state index in [2.05, 4.69) is 0 Å². The lowest BCUT2D eigenvalue weighted by atomic mass is 9.96. The first kappa shape index (κ1) is 11.7. The molecule has 0 heterocycles. The number of para-hydroxylation sites is 1. The summed E-state index contributed by atoms with van der Waals surface area (Å²) in [6, 6.07) is 7.14. The normalized spacial score (nSPS) is 11.2. The number of Topliss-reactive ketones (excluding diaryl/α,β-unsaturated/α-hetero) is 1. The van der Waals surface area contributed by atoms with Gasteiger partial charge in [-0.15, -0.1) is 0 Å². The SMILES string of the molecule is COc1ccccc1C(=O)C(C)(C)OC. The molecule has 3 heteroatoms. The lowest BCUT2D eigenvalue weighted by Crippen LogP contribution is -2.34. The van der Waals surface area contributed by atoms with E-state index >= 15 is 0 Å². The topological polar surface area (TPSA) is 35.5 Å². The van der Waals surface area contributed by atoms with Gasteiger partial charge < -0.3 is 9.47 Å². The van der Waals surface area contributed by atoms with Crippen LogP contribution in [0.1, 0.15) is 24.2 Å². The van der Waals surface area contributed by atoms with Crippen LogP contribution in [0, 0.1) is 0 Å². The third-order valence-corrected chi connectivity index (χ3v) is 2.41. The quantitative estimate of drug-likeness (QED) is 0.712. The minimum atomic E-state index is -0.825. The Balaban J connectivity index is 3.11. The Morgan fingerprint density at radius 1 is 1.20 bits per heavy atom. The fourth-order valence-corrected chi connectivity index (χ4v) is 1.25. The van der Waals surface area contributed by atoms with Crippen molar-refractivity contribution in [3.05, 3.63) is 29.8 Å². The largest absolute Gasteiger partial charge is 0.496 e. The van der Waals surface area contributed by atoms with Crippen molar-refractivity contribution in [2.45, 2.75) is 19.4 Å². The van der Waals surface area contributed by atoms with Gasteiger partial charge >= 0.3 is 0 Å². The molecule has 0 N–H and O–H groups in total. The maximum absolute atomic E-state index is 12.1. The van der Waals surface area contributed by atoms with E-state index < -0.39 is 5.60 Å². The van der Waals surface area contributed by atoms with Gasteiger partial charge in [0.2, 0.25) is 0 Å². The molecule has 0 aliphatic rings. The number of rotatable bonds is 4. The minimum absolute atomic E-state index is 0.0811. The molecule has 1 aromatic carbocycles. The fourth-order valence-electron chi connectivity index (χ4n) is 1.25. The summed E-state index contributed by atoms with van der Waals surface area (Å²) < 4.78 is 10.3. The van der Waals surface area contributed by atoms with Crippen molar-refractivity contribution in [3.8, 4) is 5.75 Å². The number of ketones is 1. The van der Waals surface area contributed by atoms with Gasteiger partial charge in [0.1, 0.15) is 11.4 Å². The highest BCUT2D eigenvalue weighted by atomic mass is 16.5. The fraction of sp³-hybridized carbons (Fsp3) is 0.417. The Labute approximate surface area is 90.0 Å². The molecule has 15 heavy (non-hydrogen) atoms. The maximum atomic E-state index is 12.1. The summed E-state index contributed by atoms with van der Waals surface area (Å²) >= 11 is 0. The lowest BCUT2D eigenvalue weighted by Gasteiger charge is -2.22. The predicted octanol–water partition coefficient (Wildman–Crippen LogP) is 2.30. The summed E-state index contributed by atoms with van der Waals surface area (Å²) in [7, 11) is 3.07. The van der Waals surface area contributed by atoms with Crippen LogP contribution in [0.2, 0.25) is 0 Å². The smallest absolute Gasteiger partial charge is 0.197 e. The molecule has 0 spiro atoms. The standard InChI is InChI=1S/C12H16O3/c1-12(2,15-4)11(13)9-7-5-6-8-10(9)14-3/h5-8H,1-4H3. The van der Waals surface area contributed by atoms with Gasteiger partial charge in [0.05, 0.1) is 12.7 Å². The highest BCUT2D eigenvalue weighted by molar-refractivity contribution is 6.04. The summed E-state index contributed by atoms with van der Waals surface area (Å²) in [5, 5.41) is 0. The first-order valence-electron chi connectivity index (χ1n) is 4.76. The van der Waals surface area contributed by atoms with Crippen molar-refractivity contribution in [1.82, 2.24) is 0 Å². The van der Waals surface area contributed by atoms with E-state index in [1.54, 1.807) is 33.1 Å². The van der Waals surface area contributed by atoms with Gasteiger partial charge in [0, 0.05) is 7.11 Å². The number of ether oxygens (including phenoxy) is 2. The Hall–Kier alpha value is -1.35. The molecule has 0 aliphatic carbocycles. The van der Waals surface area contributed by atoms with Crippen molar-refractivity contribution in [3.63, 3.8) is 0 Å². The summed E-state index contributed by atoms with van der Waals surface area (Å²) in [5.74, 6) is 0.495. The van der Waals surface area contributed by atoms with Crippen molar-refractivity contribution in [2.75, 3.05) is 14.2 Å². The van der Waals surface area contributed by atoms with Crippen LogP contribution in [0.4, 0.5) is 0 Å². The average Bonchev–Trinajstić information content (AvgIpc) is 2.28. The molecular weight excluding hydrogens is 192 g/mol. The van der Waals surface area contributed by atoms with E-state index in [1.807, 2.05) is 12.1 Å². The summed E-state index contributed by atoms with van der Waals surface area (Å²) in [4.78, 5) is 12.1. The number of benzene rings is 1. The molecule has 0 unspecified atom stereocenters. The molecule has 0 aliphatic heterocycles. The van der Waals surface area contributed by atoms with E-state index in [4.69, 9.17) is 9.47 Å². The lowest BCUT2D eigenvalue weighted by molar-refractivity contribution is 0.0226. The number of hydrogen-bond acceptors (Lipinski definition) is 3. The van der Waals surface area contributed by atoms with Gasteiger partial charge in [-0.3, -0.25) is 4.79 Å².